The summed E-state index contributed by atoms with van der Waals surface area (Å²) in [5.74, 6) is 0.908. The molecule has 1 N–H and O–H groups in total. The van der Waals surface area contributed by atoms with Crippen molar-refractivity contribution in [2.24, 2.45) is 0 Å². The SMILES string of the molecule is COc1ccc(C(=O)Nc2cc(Cl)ccc2Cl)cc1COc1cccc(Cl)c1. The van der Waals surface area contributed by atoms with Crippen molar-refractivity contribution in [1.29, 1.82) is 0 Å². The summed E-state index contributed by atoms with van der Waals surface area (Å²) in [6.45, 7) is 0.211. The molecule has 144 valence electrons. The Labute approximate surface area is 177 Å². The van der Waals surface area contributed by atoms with Crippen LogP contribution in [0.5, 0.6) is 11.5 Å². The molecule has 0 aliphatic heterocycles. The summed E-state index contributed by atoms with van der Waals surface area (Å²) in [5, 5.41) is 4.21. The van der Waals surface area contributed by atoms with E-state index in [1.54, 1.807) is 67.8 Å². The molecule has 0 spiro atoms. The van der Waals surface area contributed by atoms with E-state index in [0.717, 1.165) is 0 Å². The summed E-state index contributed by atoms with van der Waals surface area (Å²) in [6.07, 6.45) is 0. The summed E-state index contributed by atoms with van der Waals surface area (Å²) in [4.78, 5) is 12.6. The number of halogens is 3. The van der Waals surface area contributed by atoms with E-state index in [1.165, 1.54) is 0 Å². The molecule has 0 aromatic heterocycles. The van der Waals surface area contributed by atoms with Gasteiger partial charge in [-0.2, -0.15) is 0 Å². The van der Waals surface area contributed by atoms with E-state index in [2.05, 4.69) is 5.32 Å². The lowest BCUT2D eigenvalue weighted by Crippen LogP contribution is -2.13. The maximum absolute atomic E-state index is 12.6. The Morgan fingerprint density at radius 2 is 1.75 bits per heavy atom. The van der Waals surface area contributed by atoms with Crippen molar-refractivity contribution in [3.05, 3.63) is 86.9 Å². The first-order chi connectivity index (χ1) is 13.5. The van der Waals surface area contributed by atoms with E-state index in [4.69, 9.17) is 44.3 Å². The fourth-order valence-electron chi connectivity index (χ4n) is 2.54. The predicted molar refractivity (Wildman–Crippen MR) is 113 cm³/mol. The van der Waals surface area contributed by atoms with Gasteiger partial charge in [0.05, 0.1) is 17.8 Å². The van der Waals surface area contributed by atoms with Gasteiger partial charge < -0.3 is 14.8 Å². The Hall–Kier alpha value is -2.40. The van der Waals surface area contributed by atoms with Crippen LogP contribution in [-0.4, -0.2) is 13.0 Å². The van der Waals surface area contributed by atoms with Crippen LogP contribution in [0.25, 0.3) is 0 Å². The van der Waals surface area contributed by atoms with Gasteiger partial charge in [0.2, 0.25) is 0 Å². The number of nitrogens with one attached hydrogen (secondary N) is 1. The zero-order valence-electron chi connectivity index (χ0n) is 14.8. The van der Waals surface area contributed by atoms with Gasteiger partial charge in [0.15, 0.2) is 0 Å². The standard InChI is InChI=1S/C21H16Cl3NO3/c1-27-20-8-5-13(21(26)25-19-11-16(23)6-7-18(19)24)9-14(20)12-28-17-4-2-3-15(22)10-17/h2-11H,12H2,1H3,(H,25,26). The number of anilines is 1. The Balaban J connectivity index is 1.79. The maximum atomic E-state index is 12.6. The van der Waals surface area contributed by atoms with Crippen LogP contribution in [0, 0.1) is 0 Å². The molecule has 0 heterocycles. The van der Waals surface area contributed by atoms with Gasteiger partial charge in [-0.05, 0) is 54.6 Å². The maximum Gasteiger partial charge on any atom is 0.255 e. The number of methoxy groups -OCH3 is 1. The van der Waals surface area contributed by atoms with Gasteiger partial charge in [0, 0.05) is 21.2 Å². The number of benzene rings is 3. The second-order valence-electron chi connectivity index (χ2n) is 5.85. The second kappa shape index (κ2) is 9.20. The minimum atomic E-state index is -0.323. The molecule has 3 aromatic carbocycles. The van der Waals surface area contributed by atoms with Gasteiger partial charge in [-0.1, -0.05) is 40.9 Å². The summed E-state index contributed by atoms with van der Waals surface area (Å²) >= 11 is 18.1. The van der Waals surface area contributed by atoms with Crippen molar-refractivity contribution in [2.75, 3.05) is 12.4 Å². The lowest BCUT2D eigenvalue weighted by atomic mass is 10.1. The highest BCUT2D eigenvalue weighted by Crippen LogP contribution is 2.27. The average Bonchev–Trinajstić information content (AvgIpc) is 2.69. The first-order valence-electron chi connectivity index (χ1n) is 8.28. The fraction of sp³-hybridized carbons (Fsp3) is 0.0952. The monoisotopic (exact) mass is 435 g/mol. The molecule has 0 radical (unpaired) electrons. The van der Waals surface area contributed by atoms with Crippen LogP contribution in [0.2, 0.25) is 15.1 Å². The Bertz CT molecular complexity index is 1010. The van der Waals surface area contributed by atoms with Crippen molar-refractivity contribution >= 4 is 46.4 Å². The van der Waals surface area contributed by atoms with E-state index in [0.29, 0.717) is 43.4 Å². The highest BCUT2D eigenvalue weighted by atomic mass is 35.5. The van der Waals surface area contributed by atoms with E-state index in [9.17, 15) is 4.79 Å². The summed E-state index contributed by atoms with van der Waals surface area (Å²) in [6, 6.07) is 17.0. The molecule has 0 saturated heterocycles. The normalized spacial score (nSPS) is 10.4. The van der Waals surface area contributed by atoms with E-state index in [1.807, 2.05) is 0 Å². The van der Waals surface area contributed by atoms with Gasteiger partial charge in [-0.25, -0.2) is 0 Å². The van der Waals surface area contributed by atoms with Gasteiger partial charge >= 0.3 is 0 Å². The van der Waals surface area contributed by atoms with Gasteiger partial charge in [0.1, 0.15) is 18.1 Å². The lowest BCUT2D eigenvalue weighted by molar-refractivity contribution is 0.102. The van der Waals surface area contributed by atoms with Crippen molar-refractivity contribution in [3.8, 4) is 11.5 Å². The number of carbonyl (C=O) groups is 1. The predicted octanol–water partition coefficient (Wildman–Crippen LogP) is 6.49. The van der Waals surface area contributed by atoms with Crippen LogP contribution in [0.15, 0.2) is 60.7 Å². The number of ether oxygens (including phenoxy) is 2. The smallest absolute Gasteiger partial charge is 0.255 e. The number of amides is 1. The summed E-state index contributed by atoms with van der Waals surface area (Å²) < 4.78 is 11.1. The molecule has 4 nitrogen and oxygen atoms in total. The first-order valence-corrected chi connectivity index (χ1v) is 9.41. The van der Waals surface area contributed by atoms with Crippen molar-refractivity contribution in [1.82, 2.24) is 0 Å². The molecule has 7 heteroatoms. The van der Waals surface area contributed by atoms with Crippen molar-refractivity contribution in [3.63, 3.8) is 0 Å². The second-order valence-corrected chi connectivity index (χ2v) is 7.13. The Morgan fingerprint density at radius 1 is 0.964 bits per heavy atom. The molecule has 0 unspecified atom stereocenters. The van der Waals surface area contributed by atoms with Gasteiger partial charge in [0.25, 0.3) is 5.91 Å². The van der Waals surface area contributed by atoms with Crippen LogP contribution in [0.4, 0.5) is 5.69 Å². The van der Waals surface area contributed by atoms with E-state index in [-0.39, 0.29) is 12.5 Å². The molecule has 0 saturated carbocycles. The van der Waals surface area contributed by atoms with Crippen LogP contribution in [0.3, 0.4) is 0 Å². The quantitative estimate of drug-likeness (QED) is 0.480. The molecular weight excluding hydrogens is 421 g/mol. The minimum absolute atomic E-state index is 0.211. The van der Waals surface area contributed by atoms with Crippen LogP contribution in [-0.2, 0) is 6.61 Å². The zero-order chi connectivity index (χ0) is 20.1. The summed E-state index contributed by atoms with van der Waals surface area (Å²) in [5.41, 5.74) is 1.58. The molecule has 3 aromatic rings. The number of hydrogen-bond donors (Lipinski definition) is 1. The largest absolute Gasteiger partial charge is 0.496 e. The van der Waals surface area contributed by atoms with Crippen molar-refractivity contribution < 1.29 is 14.3 Å². The van der Waals surface area contributed by atoms with Crippen LogP contribution in [0.1, 0.15) is 15.9 Å². The third-order valence-corrected chi connectivity index (χ3v) is 4.71. The van der Waals surface area contributed by atoms with Crippen LogP contribution >= 0.6 is 34.8 Å². The summed E-state index contributed by atoms with van der Waals surface area (Å²) in [7, 11) is 1.56. The third kappa shape index (κ3) is 5.10. The number of rotatable bonds is 6. The number of carbonyl (C=O) groups excluding carboxylic acids is 1. The van der Waals surface area contributed by atoms with Gasteiger partial charge in [-0.15, -0.1) is 0 Å². The first kappa shape index (κ1) is 20.3. The molecule has 0 aliphatic carbocycles. The third-order valence-electron chi connectivity index (χ3n) is 3.91. The fourth-order valence-corrected chi connectivity index (χ4v) is 3.06. The molecule has 3 rings (SSSR count). The molecule has 0 fully saturated rings. The molecular formula is C21H16Cl3NO3. The molecule has 0 atom stereocenters. The lowest BCUT2D eigenvalue weighted by Gasteiger charge is -2.13. The Morgan fingerprint density at radius 3 is 2.50 bits per heavy atom. The average molecular weight is 437 g/mol. The van der Waals surface area contributed by atoms with Crippen molar-refractivity contribution in [2.45, 2.75) is 6.61 Å². The minimum Gasteiger partial charge on any atom is -0.496 e. The number of hydrogen-bond acceptors (Lipinski definition) is 3. The van der Waals surface area contributed by atoms with Gasteiger partial charge in [-0.3, -0.25) is 4.79 Å². The van der Waals surface area contributed by atoms with Crippen LogP contribution < -0.4 is 14.8 Å². The molecule has 0 bridgehead atoms. The molecule has 1 amide bonds. The highest BCUT2D eigenvalue weighted by molar-refractivity contribution is 6.35. The Kier molecular flexibility index (Phi) is 6.68. The zero-order valence-corrected chi connectivity index (χ0v) is 17.1. The molecule has 0 aliphatic rings. The topological polar surface area (TPSA) is 47.6 Å². The van der Waals surface area contributed by atoms with E-state index < -0.39 is 0 Å². The highest BCUT2D eigenvalue weighted by Gasteiger charge is 2.13. The van der Waals surface area contributed by atoms with E-state index >= 15 is 0 Å². The molecule has 28 heavy (non-hydrogen) atoms.